The quantitative estimate of drug-likeness (QED) is 0.697. The summed E-state index contributed by atoms with van der Waals surface area (Å²) >= 11 is 3.08. The van der Waals surface area contributed by atoms with Crippen LogP contribution in [0.4, 0.5) is 5.69 Å². The number of furan rings is 1. The molecule has 8 heteroatoms. The van der Waals surface area contributed by atoms with Gasteiger partial charge >= 0.3 is 5.97 Å². The first-order chi connectivity index (χ1) is 12.3. The Hall–Kier alpha value is -2.61. The van der Waals surface area contributed by atoms with Gasteiger partial charge in [-0.3, -0.25) is 9.59 Å². The number of ether oxygens (including phenoxy) is 1. The molecule has 2 aromatic rings. The van der Waals surface area contributed by atoms with Crippen LogP contribution in [0.1, 0.15) is 28.6 Å². The van der Waals surface area contributed by atoms with Gasteiger partial charge in [-0.05, 0) is 60.0 Å². The molecule has 1 unspecified atom stereocenters. The van der Waals surface area contributed by atoms with Crippen molar-refractivity contribution in [2.24, 2.45) is 0 Å². The first-order valence-corrected chi connectivity index (χ1v) is 8.67. The standard InChI is InChI=1S/C18H19BrN2O5/c1-10-5-4-6-11(2)16(10)21-15(22)9-20-17(23)12(3)25-18(24)13-7-8-14(19)26-13/h4-8,12H,9H2,1-3H3,(H,20,23)(H,21,22). The highest BCUT2D eigenvalue weighted by atomic mass is 79.9. The summed E-state index contributed by atoms with van der Waals surface area (Å²) in [6, 6.07) is 8.63. The lowest BCUT2D eigenvalue weighted by Gasteiger charge is -2.14. The maximum Gasteiger partial charge on any atom is 0.375 e. The molecule has 2 N–H and O–H groups in total. The SMILES string of the molecule is Cc1cccc(C)c1NC(=O)CNC(=O)C(C)OC(=O)c1ccc(Br)o1. The Bertz CT molecular complexity index is 810. The predicted octanol–water partition coefficient (Wildman–Crippen LogP) is 2.96. The van der Waals surface area contributed by atoms with Crippen LogP contribution in [0.2, 0.25) is 0 Å². The molecule has 0 aliphatic carbocycles. The minimum atomic E-state index is -1.07. The first kappa shape index (κ1) is 19.7. The summed E-state index contributed by atoms with van der Waals surface area (Å²) in [5.41, 5.74) is 2.57. The number of hydrogen-bond acceptors (Lipinski definition) is 5. The van der Waals surface area contributed by atoms with Crippen LogP contribution >= 0.6 is 15.9 Å². The van der Waals surface area contributed by atoms with Gasteiger partial charge in [0.1, 0.15) is 0 Å². The van der Waals surface area contributed by atoms with E-state index in [1.54, 1.807) is 6.07 Å². The molecule has 138 valence electrons. The zero-order valence-electron chi connectivity index (χ0n) is 14.6. The Balaban J connectivity index is 1.83. The number of hydrogen-bond donors (Lipinski definition) is 2. The smallest absolute Gasteiger partial charge is 0.375 e. The highest BCUT2D eigenvalue weighted by Gasteiger charge is 2.21. The number of carbonyl (C=O) groups excluding carboxylic acids is 3. The predicted molar refractivity (Wildman–Crippen MR) is 98.8 cm³/mol. The summed E-state index contributed by atoms with van der Waals surface area (Å²) in [5.74, 6) is -1.74. The molecule has 0 aliphatic rings. The van der Waals surface area contributed by atoms with Gasteiger partial charge in [0.25, 0.3) is 5.91 Å². The molecular formula is C18H19BrN2O5. The molecule has 1 aromatic heterocycles. The third-order valence-corrected chi connectivity index (χ3v) is 4.02. The molecule has 2 rings (SSSR count). The summed E-state index contributed by atoms with van der Waals surface area (Å²) in [7, 11) is 0. The largest absolute Gasteiger partial charge is 0.447 e. The fourth-order valence-corrected chi connectivity index (χ4v) is 2.51. The minimum absolute atomic E-state index is 0.0238. The molecule has 0 saturated carbocycles. The summed E-state index contributed by atoms with van der Waals surface area (Å²) in [5, 5.41) is 5.20. The van der Waals surface area contributed by atoms with Gasteiger partial charge in [-0.2, -0.15) is 0 Å². The van der Waals surface area contributed by atoms with E-state index >= 15 is 0 Å². The van der Waals surface area contributed by atoms with E-state index in [4.69, 9.17) is 9.15 Å². The summed E-state index contributed by atoms with van der Waals surface area (Å²) in [6.07, 6.45) is -1.07. The van der Waals surface area contributed by atoms with Crippen molar-refractivity contribution in [3.05, 3.63) is 51.9 Å². The van der Waals surface area contributed by atoms with Crippen LogP contribution in [-0.4, -0.2) is 30.4 Å². The van der Waals surface area contributed by atoms with Crippen LogP contribution in [-0.2, 0) is 14.3 Å². The Kier molecular flexibility index (Phi) is 6.57. The van der Waals surface area contributed by atoms with E-state index in [0.717, 1.165) is 16.8 Å². The van der Waals surface area contributed by atoms with Crippen LogP contribution in [0.5, 0.6) is 0 Å². The monoisotopic (exact) mass is 422 g/mol. The van der Waals surface area contributed by atoms with Crippen molar-refractivity contribution in [2.75, 3.05) is 11.9 Å². The topological polar surface area (TPSA) is 97.6 Å². The number of rotatable bonds is 6. The normalized spacial score (nSPS) is 11.5. The van der Waals surface area contributed by atoms with Crippen molar-refractivity contribution in [1.82, 2.24) is 5.32 Å². The third kappa shape index (κ3) is 5.19. The van der Waals surface area contributed by atoms with Gasteiger partial charge in [0, 0.05) is 5.69 Å². The van der Waals surface area contributed by atoms with Gasteiger partial charge in [0.2, 0.25) is 11.7 Å². The Morgan fingerprint density at radius 1 is 1.15 bits per heavy atom. The van der Waals surface area contributed by atoms with Gasteiger partial charge in [-0.1, -0.05) is 18.2 Å². The van der Waals surface area contributed by atoms with E-state index < -0.39 is 18.0 Å². The highest BCUT2D eigenvalue weighted by Crippen LogP contribution is 2.19. The van der Waals surface area contributed by atoms with Crippen molar-refractivity contribution >= 4 is 39.4 Å². The Labute approximate surface area is 159 Å². The molecule has 1 aromatic carbocycles. The molecule has 0 radical (unpaired) electrons. The minimum Gasteiger partial charge on any atom is -0.447 e. The first-order valence-electron chi connectivity index (χ1n) is 7.88. The number of benzene rings is 1. The van der Waals surface area contributed by atoms with Crippen LogP contribution in [0, 0.1) is 13.8 Å². The maximum absolute atomic E-state index is 12.0. The molecule has 0 spiro atoms. The molecule has 2 amide bonds. The number of aryl methyl sites for hydroxylation is 2. The van der Waals surface area contributed by atoms with Gasteiger partial charge in [-0.25, -0.2) is 4.79 Å². The average molecular weight is 423 g/mol. The van der Waals surface area contributed by atoms with E-state index in [2.05, 4.69) is 26.6 Å². The fourth-order valence-electron chi connectivity index (χ4n) is 2.20. The van der Waals surface area contributed by atoms with Crippen LogP contribution in [0.3, 0.4) is 0 Å². The lowest BCUT2D eigenvalue weighted by atomic mass is 10.1. The Morgan fingerprint density at radius 3 is 2.38 bits per heavy atom. The zero-order valence-corrected chi connectivity index (χ0v) is 16.2. The van der Waals surface area contributed by atoms with Crippen LogP contribution < -0.4 is 10.6 Å². The Morgan fingerprint density at radius 2 is 1.81 bits per heavy atom. The van der Waals surface area contributed by atoms with E-state index in [9.17, 15) is 14.4 Å². The molecule has 0 bridgehead atoms. The molecule has 0 fully saturated rings. The van der Waals surface area contributed by atoms with Gasteiger partial charge in [0.15, 0.2) is 10.8 Å². The van der Waals surface area contributed by atoms with Crippen molar-refractivity contribution in [3.8, 4) is 0 Å². The molecule has 0 saturated heterocycles. The van der Waals surface area contributed by atoms with E-state index in [1.165, 1.54) is 13.0 Å². The van der Waals surface area contributed by atoms with Crippen LogP contribution in [0.15, 0.2) is 39.4 Å². The zero-order chi connectivity index (χ0) is 19.3. The highest BCUT2D eigenvalue weighted by molar-refractivity contribution is 9.10. The number of nitrogens with one attached hydrogen (secondary N) is 2. The number of halogens is 1. The van der Waals surface area contributed by atoms with Crippen molar-refractivity contribution in [2.45, 2.75) is 26.9 Å². The summed E-state index contributed by atoms with van der Waals surface area (Å²) in [6.45, 7) is 4.95. The molecule has 1 atom stereocenters. The van der Waals surface area contributed by atoms with Crippen molar-refractivity contribution < 1.29 is 23.5 Å². The van der Waals surface area contributed by atoms with E-state index in [1.807, 2.05) is 32.0 Å². The second-order valence-corrected chi connectivity index (χ2v) is 6.47. The number of para-hydroxylation sites is 1. The molecule has 7 nitrogen and oxygen atoms in total. The molecular weight excluding hydrogens is 404 g/mol. The van der Waals surface area contributed by atoms with Gasteiger partial charge in [0.05, 0.1) is 6.54 Å². The van der Waals surface area contributed by atoms with E-state index in [-0.39, 0.29) is 18.2 Å². The van der Waals surface area contributed by atoms with Crippen LogP contribution in [0.25, 0.3) is 0 Å². The molecule has 0 aliphatic heterocycles. The lowest BCUT2D eigenvalue weighted by Crippen LogP contribution is -2.40. The number of esters is 1. The fraction of sp³-hybridized carbons (Fsp3) is 0.278. The number of amides is 2. The molecule has 1 heterocycles. The number of carbonyl (C=O) groups is 3. The van der Waals surface area contributed by atoms with Crippen molar-refractivity contribution in [1.29, 1.82) is 0 Å². The number of anilines is 1. The van der Waals surface area contributed by atoms with E-state index in [0.29, 0.717) is 4.67 Å². The maximum atomic E-state index is 12.0. The molecule has 26 heavy (non-hydrogen) atoms. The summed E-state index contributed by atoms with van der Waals surface area (Å²) in [4.78, 5) is 35.9. The van der Waals surface area contributed by atoms with Crippen molar-refractivity contribution in [3.63, 3.8) is 0 Å². The van der Waals surface area contributed by atoms with Gasteiger partial charge in [-0.15, -0.1) is 0 Å². The lowest BCUT2D eigenvalue weighted by molar-refractivity contribution is -0.130. The second kappa shape index (κ2) is 8.66. The summed E-state index contributed by atoms with van der Waals surface area (Å²) < 4.78 is 10.4. The average Bonchev–Trinajstić information content (AvgIpc) is 3.02. The third-order valence-electron chi connectivity index (χ3n) is 3.60. The second-order valence-electron chi connectivity index (χ2n) is 5.68. The van der Waals surface area contributed by atoms with Gasteiger partial charge < -0.3 is 19.8 Å².